The molecule has 0 atom stereocenters. The average molecular weight is 429 g/mol. The Kier molecular flexibility index (Phi) is 6.69. The van der Waals surface area contributed by atoms with E-state index in [1.54, 1.807) is 38.5 Å². The van der Waals surface area contributed by atoms with Crippen molar-refractivity contribution in [2.24, 2.45) is 0 Å². The Hall–Kier alpha value is -3.10. The highest BCUT2D eigenvalue weighted by Gasteiger charge is 2.18. The summed E-state index contributed by atoms with van der Waals surface area (Å²) in [5, 5.41) is 7.11. The number of hydrogen-bond donors (Lipinski definition) is 2. The first-order valence-electron chi connectivity index (χ1n) is 8.62. The largest absolute Gasteiger partial charge is 0.497 e. The number of anilines is 2. The summed E-state index contributed by atoms with van der Waals surface area (Å²) in [5.74, 6) is 0.830. The van der Waals surface area contributed by atoms with E-state index in [2.05, 4.69) is 10.6 Å². The molecule has 0 aliphatic rings. The van der Waals surface area contributed by atoms with Gasteiger partial charge in [0.1, 0.15) is 16.5 Å². The summed E-state index contributed by atoms with van der Waals surface area (Å²) in [5.41, 5.74) is 2.12. The summed E-state index contributed by atoms with van der Waals surface area (Å²) in [7, 11) is 4.51. The molecule has 3 rings (SSSR count). The molecule has 0 saturated heterocycles. The first-order valence-corrected chi connectivity index (χ1v) is 9.85. The van der Waals surface area contributed by atoms with E-state index < -0.39 is 5.97 Å². The van der Waals surface area contributed by atoms with Crippen molar-refractivity contribution in [2.75, 3.05) is 32.0 Å². The van der Waals surface area contributed by atoms with Gasteiger partial charge in [-0.25, -0.2) is 4.79 Å². The maximum Gasteiger partial charge on any atom is 0.340 e. The summed E-state index contributed by atoms with van der Waals surface area (Å²) < 4.78 is 15.5. The lowest BCUT2D eigenvalue weighted by molar-refractivity contribution is 0.0602. The number of esters is 1. The van der Waals surface area contributed by atoms with E-state index in [-0.39, 0.29) is 0 Å². The van der Waals surface area contributed by atoms with Crippen LogP contribution in [0.5, 0.6) is 11.5 Å². The molecule has 0 aliphatic carbocycles. The predicted molar refractivity (Wildman–Crippen MR) is 120 cm³/mol. The van der Waals surface area contributed by atoms with Crippen molar-refractivity contribution in [3.05, 3.63) is 60.2 Å². The molecule has 6 nitrogen and oxygen atoms in total. The van der Waals surface area contributed by atoms with Gasteiger partial charge < -0.3 is 24.8 Å². The number of benzene rings is 2. The Bertz CT molecular complexity index is 997. The number of ether oxygens (including phenoxy) is 3. The Morgan fingerprint density at radius 3 is 2.17 bits per heavy atom. The quantitative estimate of drug-likeness (QED) is 0.422. The van der Waals surface area contributed by atoms with Crippen LogP contribution >= 0.6 is 23.6 Å². The van der Waals surface area contributed by atoms with Gasteiger partial charge >= 0.3 is 5.97 Å². The second-order valence-corrected chi connectivity index (χ2v) is 7.35. The van der Waals surface area contributed by atoms with Gasteiger partial charge in [0.05, 0.1) is 26.9 Å². The zero-order chi connectivity index (χ0) is 20.8. The van der Waals surface area contributed by atoms with Crippen LogP contribution in [0.2, 0.25) is 0 Å². The number of rotatable bonds is 6. The first kappa shape index (κ1) is 20.6. The van der Waals surface area contributed by atoms with Crippen LogP contribution in [0.25, 0.3) is 10.4 Å². The molecule has 0 unspecified atom stereocenters. The van der Waals surface area contributed by atoms with Crippen molar-refractivity contribution < 1.29 is 19.0 Å². The summed E-state index contributed by atoms with van der Waals surface area (Å²) in [6, 6.07) is 17.0. The zero-order valence-corrected chi connectivity index (χ0v) is 17.8. The normalized spacial score (nSPS) is 10.2. The molecular weight excluding hydrogens is 408 g/mol. The second kappa shape index (κ2) is 9.40. The minimum absolute atomic E-state index is 0.326. The van der Waals surface area contributed by atoms with Crippen molar-refractivity contribution in [3.63, 3.8) is 0 Å². The summed E-state index contributed by atoms with van der Waals surface area (Å²) in [6.45, 7) is 0. The van der Waals surface area contributed by atoms with E-state index in [0.717, 1.165) is 10.4 Å². The third-order valence-electron chi connectivity index (χ3n) is 4.03. The fourth-order valence-electron chi connectivity index (χ4n) is 2.64. The molecule has 0 spiro atoms. The molecule has 0 aliphatic heterocycles. The van der Waals surface area contributed by atoms with Crippen LogP contribution in [0.4, 0.5) is 10.7 Å². The molecule has 2 aromatic carbocycles. The molecule has 1 heterocycles. The van der Waals surface area contributed by atoms with Gasteiger partial charge in [-0.15, -0.1) is 11.3 Å². The smallest absolute Gasteiger partial charge is 0.340 e. The van der Waals surface area contributed by atoms with Crippen molar-refractivity contribution in [1.29, 1.82) is 0 Å². The zero-order valence-electron chi connectivity index (χ0n) is 16.1. The van der Waals surface area contributed by atoms with Crippen LogP contribution in [-0.4, -0.2) is 32.4 Å². The maximum absolute atomic E-state index is 12.2. The number of hydrogen-bond acceptors (Lipinski definition) is 6. The molecule has 150 valence electrons. The summed E-state index contributed by atoms with van der Waals surface area (Å²) >= 11 is 6.86. The number of thiophene rings is 1. The molecule has 1 aromatic heterocycles. The number of methoxy groups -OCH3 is 3. The maximum atomic E-state index is 12.2. The van der Waals surface area contributed by atoms with Gasteiger partial charge in [0.15, 0.2) is 5.11 Å². The minimum atomic E-state index is -0.434. The fourth-order valence-corrected chi connectivity index (χ4v) is 3.98. The van der Waals surface area contributed by atoms with Crippen LogP contribution < -0.4 is 20.1 Å². The number of carbonyl (C=O) groups excluding carboxylic acids is 1. The van der Waals surface area contributed by atoms with E-state index >= 15 is 0 Å². The molecule has 0 saturated carbocycles. The van der Waals surface area contributed by atoms with Crippen molar-refractivity contribution in [1.82, 2.24) is 0 Å². The lowest BCUT2D eigenvalue weighted by Gasteiger charge is -2.12. The highest BCUT2D eigenvalue weighted by Crippen LogP contribution is 2.36. The highest BCUT2D eigenvalue weighted by molar-refractivity contribution is 7.80. The van der Waals surface area contributed by atoms with Gasteiger partial charge in [0.2, 0.25) is 0 Å². The average Bonchev–Trinajstić information content (AvgIpc) is 3.16. The molecule has 0 radical (unpaired) electrons. The van der Waals surface area contributed by atoms with Crippen LogP contribution in [-0.2, 0) is 4.74 Å². The lowest BCUT2D eigenvalue weighted by atomic mass is 10.1. The van der Waals surface area contributed by atoms with Crippen LogP contribution in [0.15, 0.2) is 54.6 Å². The van der Waals surface area contributed by atoms with E-state index in [9.17, 15) is 4.79 Å². The third kappa shape index (κ3) is 5.04. The molecule has 0 bridgehead atoms. The van der Waals surface area contributed by atoms with E-state index in [1.807, 2.05) is 30.3 Å². The van der Waals surface area contributed by atoms with Gasteiger partial charge in [-0.05, 0) is 23.8 Å². The molecule has 2 N–H and O–H groups in total. The van der Waals surface area contributed by atoms with Crippen molar-refractivity contribution >= 4 is 45.3 Å². The number of nitrogens with one attached hydrogen (secondary N) is 2. The Morgan fingerprint density at radius 1 is 0.931 bits per heavy atom. The molecule has 0 amide bonds. The fraction of sp³-hybridized carbons (Fsp3) is 0.143. The van der Waals surface area contributed by atoms with Gasteiger partial charge in [-0.1, -0.05) is 30.3 Å². The summed E-state index contributed by atoms with van der Waals surface area (Å²) in [4.78, 5) is 13.2. The van der Waals surface area contributed by atoms with Crippen LogP contribution in [0.1, 0.15) is 10.4 Å². The molecule has 8 heteroatoms. The van der Waals surface area contributed by atoms with Gasteiger partial charge in [-0.2, -0.15) is 0 Å². The van der Waals surface area contributed by atoms with Crippen LogP contribution in [0.3, 0.4) is 0 Å². The summed E-state index contributed by atoms with van der Waals surface area (Å²) in [6.07, 6.45) is 0. The monoisotopic (exact) mass is 428 g/mol. The SMILES string of the molecule is COC(=O)c1cc(-c2ccccc2)sc1NC(=S)Nc1cc(OC)cc(OC)c1. The van der Waals surface area contributed by atoms with Crippen molar-refractivity contribution in [2.45, 2.75) is 0 Å². The first-order chi connectivity index (χ1) is 14.0. The molecule has 29 heavy (non-hydrogen) atoms. The molecule has 0 fully saturated rings. The Balaban J connectivity index is 1.84. The minimum Gasteiger partial charge on any atom is -0.497 e. The van der Waals surface area contributed by atoms with E-state index in [0.29, 0.717) is 32.9 Å². The van der Waals surface area contributed by atoms with Crippen LogP contribution in [0, 0.1) is 0 Å². The second-order valence-electron chi connectivity index (χ2n) is 5.89. The molecular formula is C21H20N2O4S2. The number of carbonyl (C=O) groups is 1. The standard InChI is InChI=1S/C21H20N2O4S2/c1-25-15-9-14(10-16(11-15)26-2)22-21(28)23-19-17(20(24)27-3)12-18(29-19)13-7-5-4-6-8-13/h4-12H,1-3H3,(H2,22,23,28). The van der Waals surface area contributed by atoms with E-state index in [4.69, 9.17) is 26.4 Å². The van der Waals surface area contributed by atoms with E-state index in [1.165, 1.54) is 18.4 Å². The van der Waals surface area contributed by atoms with Gasteiger partial charge in [0, 0.05) is 28.8 Å². The van der Waals surface area contributed by atoms with Gasteiger partial charge in [-0.3, -0.25) is 0 Å². The topological polar surface area (TPSA) is 68.8 Å². The Morgan fingerprint density at radius 2 is 1.59 bits per heavy atom. The highest BCUT2D eigenvalue weighted by atomic mass is 32.1. The predicted octanol–water partition coefficient (Wildman–Crippen LogP) is 5.03. The van der Waals surface area contributed by atoms with Gasteiger partial charge in [0.25, 0.3) is 0 Å². The number of thiocarbonyl (C=S) groups is 1. The third-order valence-corrected chi connectivity index (χ3v) is 5.34. The van der Waals surface area contributed by atoms with Crippen molar-refractivity contribution in [3.8, 4) is 21.9 Å². The Labute approximate surface area is 178 Å². The lowest BCUT2D eigenvalue weighted by Crippen LogP contribution is -2.20. The molecule has 3 aromatic rings.